The van der Waals surface area contributed by atoms with Crippen molar-refractivity contribution >= 4 is 16.8 Å². The molecule has 0 atom stereocenters. The van der Waals surface area contributed by atoms with Crippen LogP contribution in [0.4, 0.5) is 0 Å². The Morgan fingerprint density at radius 1 is 0.966 bits per heavy atom. The first-order chi connectivity index (χ1) is 14.2. The van der Waals surface area contributed by atoms with Crippen LogP contribution in [0.3, 0.4) is 0 Å². The first-order valence-corrected chi connectivity index (χ1v) is 9.29. The number of fused-ring (bicyclic) bond motifs is 1. The van der Waals surface area contributed by atoms with Gasteiger partial charge in [0.25, 0.3) is 5.91 Å². The van der Waals surface area contributed by atoms with Crippen molar-refractivity contribution in [1.82, 2.24) is 15.5 Å². The summed E-state index contributed by atoms with van der Waals surface area (Å²) >= 11 is 0. The molecule has 1 heterocycles. The van der Waals surface area contributed by atoms with Gasteiger partial charge in [-0.15, -0.1) is 0 Å². The van der Waals surface area contributed by atoms with Gasteiger partial charge in [-0.3, -0.25) is 9.89 Å². The van der Waals surface area contributed by atoms with Crippen LogP contribution in [0.15, 0.2) is 72.8 Å². The van der Waals surface area contributed by atoms with Crippen molar-refractivity contribution in [3.63, 3.8) is 0 Å². The molecule has 146 valence electrons. The van der Waals surface area contributed by atoms with Gasteiger partial charge in [-0.1, -0.05) is 54.6 Å². The van der Waals surface area contributed by atoms with Crippen LogP contribution >= 0.6 is 0 Å². The Hall–Kier alpha value is -3.80. The highest BCUT2D eigenvalue weighted by atomic mass is 16.5. The number of aromatic nitrogens is 2. The third-order valence-electron chi connectivity index (χ3n) is 4.60. The van der Waals surface area contributed by atoms with E-state index in [2.05, 4.69) is 15.5 Å². The van der Waals surface area contributed by atoms with Gasteiger partial charge in [-0.25, -0.2) is 0 Å². The monoisotopic (exact) mass is 387 g/mol. The van der Waals surface area contributed by atoms with Gasteiger partial charge in [0.1, 0.15) is 6.61 Å². The Balaban J connectivity index is 1.42. The molecule has 0 saturated heterocycles. The standard InChI is InChI=1S/C23H21N3O3/c1-28-21-13-17(11-12-20(21)29-15-16-7-3-2-4-8-16)14-24-23(27)22-18-9-5-6-10-19(18)25-26-22/h2-13H,14-15H2,1H3,(H,24,27)(H,25,26). The van der Waals surface area contributed by atoms with Gasteiger partial charge in [-0.2, -0.15) is 5.10 Å². The summed E-state index contributed by atoms with van der Waals surface area (Å²) in [5.74, 6) is 1.05. The number of rotatable bonds is 7. The number of hydrogen-bond acceptors (Lipinski definition) is 4. The van der Waals surface area contributed by atoms with Crippen molar-refractivity contribution < 1.29 is 14.3 Å². The highest BCUT2D eigenvalue weighted by Gasteiger charge is 2.14. The fourth-order valence-corrected chi connectivity index (χ4v) is 3.08. The van der Waals surface area contributed by atoms with E-state index in [1.807, 2.05) is 72.8 Å². The highest BCUT2D eigenvalue weighted by molar-refractivity contribution is 6.04. The first-order valence-electron chi connectivity index (χ1n) is 9.29. The summed E-state index contributed by atoms with van der Waals surface area (Å²) in [6, 6.07) is 23.1. The molecule has 2 N–H and O–H groups in total. The van der Waals surface area contributed by atoms with Gasteiger partial charge < -0.3 is 14.8 Å². The second-order valence-electron chi connectivity index (χ2n) is 6.56. The molecule has 4 rings (SSSR count). The van der Waals surface area contributed by atoms with Crippen LogP contribution in [0.1, 0.15) is 21.6 Å². The maximum atomic E-state index is 12.5. The van der Waals surface area contributed by atoms with E-state index in [4.69, 9.17) is 9.47 Å². The second kappa shape index (κ2) is 8.48. The molecule has 3 aromatic carbocycles. The SMILES string of the molecule is COc1cc(CNC(=O)c2n[nH]c3ccccc23)ccc1OCc1ccccc1. The van der Waals surface area contributed by atoms with Crippen molar-refractivity contribution in [2.45, 2.75) is 13.2 Å². The third kappa shape index (κ3) is 4.21. The second-order valence-corrected chi connectivity index (χ2v) is 6.56. The molecule has 0 radical (unpaired) electrons. The zero-order chi connectivity index (χ0) is 20.1. The molecule has 4 aromatic rings. The number of ether oxygens (including phenoxy) is 2. The highest BCUT2D eigenvalue weighted by Crippen LogP contribution is 2.29. The molecular weight excluding hydrogens is 366 g/mol. The topological polar surface area (TPSA) is 76.2 Å². The zero-order valence-corrected chi connectivity index (χ0v) is 16.0. The molecule has 0 aliphatic carbocycles. The van der Waals surface area contributed by atoms with Crippen LogP contribution in [-0.2, 0) is 13.2 Å². The summed E-state index contributed by atoms with van der Waals surface area (Å²) in [7, 11) is 1.60. The number of carbonyl (C=O) groups is 1. The predicted molar refractivity (Wildman–Crippen MR) is 111 cm³/mol. The smallest absolute Gasteiger partial charge is 0.272 e. The quantitative estimate of drug-likeness (QED) is 0.501. The van der Waals surface area contributed by atoms with Gasteiger partial charge in [0.2, 0.25) is 0 Å². The summed E-state index contributed by atoms with van der Waals surface area (Å²) in [4.78, 5) is 12.5. The lowest BCUT2D eigenvalue weighted by Crippen LogP contribution is -2.23. The minimum atomic E-state index is -0.231. The number of nitrogens with zero attached hydrogens (tertiary/aromatic N) is 1. The zero-order valence-electron chi connectivity index (χ0n) is 16.0. The number of nitrogens with one attached hydrogen (secondary N) is 2. The van der Waals surface area contributed by atoms with Crippen LogP contribution in [0.25, 0.3) is 10.9 Å². The Morgan fingerprint density at radius 2 is 1.76 bits per heavy atom. The van der Waals surface area contributed by atoms with E-state index in [1.54, 1.807) is 7.11 Å². The molecule has 0 spiro atoms. The lowest BCUT2D eigenvalue weighted by Gasteiger charge is -2.12. The van der Waals surface area contributed by atoms with Gasteiger partial charge in [-0.05, 0) is 29.3 Å². The van der Waals surface area contributed by atoms with Gasteiger partial charge in [0.15, 0.2) is 17.2 Å². The molecule has 1 aromatic heterocycles. The van der Waals surface area contributed by atoms with Crippen molar-refractivity contribution in [2.24, 2.45) is 0 Å². The Kier molecular flexibility index (Phi) is 5.42. The molecule has 6 nitrogen and oxygen atoms in total. The number of methoxy groups -OCH3 is 1. The van der Waals surface area contributed by atoms with Crippen molar-refractivity contribution in [3.8, 4) is 11.5 Å². The van der Waals surface area contributed by atoms with E-state index in [-0.39, 0.29) is 5.91 Å². The first kappa shape index (κ1) is 18.6. The fourth-order valence-electron chi connectivity index (χ4n) is 3.08. The molecule has 0 aliphatic heterocycles. The largest absolute Gasteiger partial charge is 0.493 e. The summed E-state index contributed by atoms with van der Waals surface area (Å²) in [6.45, 7) is 0.814. The molecule has 0 fully saturated rings. The maximum absolute atomic E-state index is 12.5. The van der Waals surface area contributed by atoms with Crippen LogP contribution < -0.4 is 14.8 Å². The number of benzene rings is 3. The molecule has 0 unspecified atom stereocenters. The summed E-state index contributed by atoms with van der Waals surface area (Å²) in [5.41, 5.74) is 3.20. The van der Waals surface area contributed by atoms with E-state index < -0.39 is 0 Å². The summed E-state index contributed by atoms with van der Waals surface area (Å²) in [5, 5.41) is 10.7. The van der Waals surface area contributed by atoms with Gasteiger partial charge in [0, 0.05) is 11.9 Å². The lowest BCUT2D eigenvalue weighted by molar-refractivity contribution is 0.0947. The normalized spacial score (nSPS) is 10.7. The molecule has 0 bridgehead atoms. The minimum Gasteiger partial charge on any atom is -0.493 e. The molecule has 29 heavy (non-hydrogen) atoms. The number of aromatic amines is 1. The van der Waals surface area contributed by atoms with E-state index in [9.17, 15) is 4.79 Å². The average Bonchev–Trinajstić information content (AvgIpc) is 3.21. The maximum Gasteiger partial charge on any atom is 0.272 e. The molecular formula is C23H21N3O3. The number of para-hydroxylation sites is 1. The molecule has 0 saturated carbocycles. The number of carbonyl (C=O) groups excluding carboxylic acids is 1. The van der Waals surface area contributed by atoms with E-state index in [0.29, 0.717) is 30.3 Å². The van der Waals surface area contributed by atoms with Crippen molar-refractivity contribution in [2.75, 3.05) is 7.11 Å². The van der Waals surface area contributed by atoms with Crippen molar-refractivity contribution in [1.29, 1.82) is 0 Å². The Morgan fingerprint density at radius 3 is 2.59 bits per heavy atom. The molecule has 6 heteroatoms. The van der Waals surface area contributed by atoms with Crippen LogP contribution in [-0.4, -0.2) is 23.2 Å². The Labute approximate surface area is 168 Å². The number of H-pyrrole nitrogens is 1. The average molecular weight is 387 g/mol. The fraction of sp³-hybridized carbons (Fsp3) is 0.130. The van der Waals surface area contributed by atoms with Crippen LogP contribution in [0.5, 0.6) is 11.5 Å². The van der Waals surface area contributed by atoms with E-state index in [1.165, 1.54) is 0 Å². The van der Waals surface area contributed by atoms with Crippen LogP contribution in [0, 0.1) is 0 Å². The van der Waals surface area contributed by atoms with E-state index >= 15 is 0 Å². The summed E-state index contributed by atoms with van der Waals surface area (Å²) in [6.07, 6.45) is 0. The van der Waals surface area contributed by atoms with Gasteiger partial charge >= 0.3 is 0 Å². The number of hydrogen-bond donors (Lipinski definition) is 2. The lowest BCUT2D eigenvalue weighted by atomic mass is 10.1. The predicted octanol–water partition coefficient (Wildman–Crippen LogP) is 4.08. The summed E-state index contributed by atoms with van der Waals surface area (Å²) < 4.78 is 11.3. The van der Waals surface area contributed by atoms with Crippen LogP contribution in [0.2, 0.25) is 0 Å². The number of amides is 1. The van der Waals surface area contributed by atoms with Gasteiger partial charge in [0.05, 0.1) is 12.6 Å². The molecule has 1 amide bonds. The third-order valence-corrected chi connectivity index (χ3v) is 4.60. The minimum absolute atomic E-state index is 0.231. The van der Waals surface area contributed by atoms with Crippen molar-refractivity contribution in [3.05, 3.63) is 89.6 Å². The Bertz CT molecular complexity index is 1120. The van der Waals surface area contributed by atoms with E-state index in [0.717, 1.165) is 22.0 Å². The molecule has 0 aliphatic rings.